The summed E-state index contributed by atoms with van der Waals surface area (Å²) in [5, 5.41) is 12.1. The third-order valence-electron chi connectivity index (χ3n) is 5.94. The van der Waals surface area contributed by atoms with Crippen LogP contribution in [0.1, 0.15) is 61.1 Å². The topological polar surface area (TPSA) is 107 Å². The summed E-state index contributed by atoms with van der Waals surface area (Å²) in [5.74, 6) is -3.02. The van der Waals surface area contributed by atoms with Crippen LogP contribution in [0.4, 0.5) is 4.39 Å². The normalized spacial score (nSPS) is 16.5. The molecule has 3 amide bonds. The largest absolute Gasteiger partial charge is 0.481 e. The lowest BCUT2D eigenvalue weighted by atomic mass is 9.91. The van der Waals surface area contributed by atoms with E-state index in [2.05, 4.69) is 5.32 Å². The number of hydrogen-bond acceptors (Lipinski definition) is 4. The first-order chi connectivity index (χ1) is 16.9. The van der Waals surface area contributed by atoms with Crippen molar-refractivity contribution >= 4 is 23.7 Å². The van der Waals surface area contributed by atoms with Gasteiger partial charge >= 0.3 is 5.97 Å². The van der Waals surface area contributed by atoms with E-state index in [1.165, 1.54) is 34.1 Å². The van der Waals surface area contributed by atoms with E-state index in [0.717, 1.165) is 5.56 Å². The Labute approximate surface area is 210 Å². The van der Waals surface area contributed by atoms with Gasteiger partial charge in [-0.05, 0) is 42.2 Å². The van der Waals surface area contributed by atoms with Gasteiger partial charge in [-0.3, -0.25) is 19.2 Å². The van der Waals surface area contributed by atoms with Crippen molar-refractivity contribution in [2.24, 2.45) is 5.41 Å². The minimum atomic E-state index is -1.25. The highest BCUT2D eigenvalue weighted by molar-refractivity contribution is 5.99. The molecular formula is C27H32FN3O5. The van der Waals surface area contributed by atoms with Crippen LogP contribution in [-0.2, 0) is 14.4 Å². The first-order valence-electron chi connectivity index (χ1n) is 11.8. The van der Waals surface area contributed by atoms with E-state index in [4.69, 9.17) is 0 Å². The van der Waals surface area contributed by atoms with E-state index in [-0.39, 0.29) is 30.8 Å². The fourth-order valence-corrected chi connectivity index (χ4v) is 4.17. The van der Waals surface area contributed by atoms with Gasteiger partial charge in [0.2, 0.25) is 5.91 Å². The van der Waals surface area contributed by atoms with Crippen molar-refractivity contribution in [3.8, 4) is 0 Å². The average Bonchev–Trinajstić information content (AvgIpc) is 3.23. The molecule has 0 spiro atoms. The minimum absolute atomic E-state index is 0.154. The van der Waals surface area contributed by atoms with Crippen molar-refractivity contribution in [1.29, 1.82) is 0 Å². The second-order valence-electron chi connectivity index (χ2n) is 10.3. The Kier molecular flexibility index (Phi) is 8.12. The molecule has 0 saturated carbocycles. The lowest BCUT2D eigenvalue weighted by Gasteiger charge is -2.32. The second-order valence-corrected chi connectivity index (χ2v) is 10.3. The zero-order valence-corrected chi connectivity index (χ0v) is 21.0. The van der Waals surface area contributed by atoms with Gasteiger partial charge in [0.1, 0.15) is 5.82 Å². The molecule has 8 nitrogen and oxygen atoms in total. The number of nitrogens with one attached hydrogen (secondary N) is 1. The monoisotopic (exact) mass is 497 g/mol. The van der Waals surface area contributed by atoms with Gasteiger partial charge in [0.15, 0.2) is 6.17 Å². The SMILES string of the molecule is Cc1ccc(C(=O)N2CCN(C(=O)CC(C)(C)C)C2C(=O)NC(CC(=O)O)c2ccc(F)cc2)cc1. The van der Waals surface area contributed by atoms with Gasteiger partial charge in [-0.1, -0.05) is 50.6 Å². The Morgan fingerprint density at radius 2 is 1.58 bits per heavy atom. The summed E-state index contributed by atoms with van der Waals surface area (Å²) in [6.07, 6.45) is -1.53. The molecule has 0 bridgehead atoms. The van der Waals surface area contributed by atoms with E-state index in [9.17, 15) is 28.7 Å². The number of rotatable bonds is 7. The number of aliphatic carboxylic acids is 1. The van der Waals surface area contributed by atoms with Crippen molar-refractivity contribution in [3.05, 3.63) is 71.0 Å². The van der Waals surface area contributed by atoms with Gasteiger partial charge in [-0.15, -0.1) is 0 Å². The summed E-state index contributed by atoms with van der Waals surface area (Å²) < 4.78 is 13.4. The highest BCUT2D eigenvalue weighted by atomic mass is 19.1. The van der Waals surface area contributed by atoms with Crippen molar-refractivity contribution in [2.45, 2.75) is 52.7 Å². The Bertz CT molecular complexity index is 1130. The van der Waals surface area contributed by atoms with Crippen LogP contribution in [0.25, 0.3) is 0 Å². The molecule has 1 heterocycles. The number of carbonyl (C=O) groups is 4. The van der Waals surface area contributed by atoms with Gasteiger partial charge < -0.3 is 20.2 Å². The maximum Gasteiger partial charge on any atom is 0.305 e. The first kappa shape index (κ1) is 26.8. The third kappa shape index (κ3) is 6.68. The van der Waals surface area contributed by atoms with Crippen LogP contribution in [0.2, 0.25) is 0 Å². The number of carboxylic acid groups (broad SMARTS) is 1. The number of carbonyl (C=O) groups excluding carboxylic acids is 3. The average molecular weight is 498 g/mol. The van der Waals surface area contributed by atoms with E-state index in [0.29, 0.717) is 11.1 Å². The van der Waals surface area contributed by atoms with Crippen LogP contribution in [-0.4, -0.2) is 57.9 Å². The molecule has 2 aromatic carbocycles. The predicted octanol–water partition coefficient (Wildman–Crippen LogP) is 3.51. The van der Waals surface area contributed by atoms with Crippen molar-refractivity contribution in [1.82, 2.24) is 15.1 Å². The Hall–Kier alpha value is -3.75. The molecule has 3 rings (SSSR count). The lowest BCUT2D eigenvalue weighted by Crippen LogP contribution is -2.54. The summed E-state index contributed by atoms with van der Waals surface area (Å²) in [7, 11) is 0. The predicted molar refractivity (Wildman–Crippen MR) is 131 cm³/mol. The van der Waals surface area contributed by atoms with Crippen LogP contribution in [0.3, 0.4) is 0 Å². The summed E-state index contributed by atoms with van der Waals surface area (Å²) >= 11 is 0. The Morgan fingerprint density at radius 1 is 1.00 bits per heavy atom. The summed E-state index contributed by atoms with van der Waals surface area (Å²) in [6, 6.07) is 11.1. The van der Waals surface area contributed by atoms with Crippen LogP contribution in [0.15, 0.2) is 48.5 Å². The lowest BCUT2D eigenvalue weighted by molar-refractivity contribution is -0.143. The minimum Gasteiger partial charge on any atom is -0.481 e. The van der Waals surface area contributed by atoms with Gasteiger partial charge in [0.05, 0.1) is 12.5 Å². The molecule has 9 heteroatoms. The number of carboxylic acids is 1. The van der Waals surface area contributed by atoms with Crippen LogP contribution in [0.5, 0.6) is 0 Å². The molecule has 192 valence electrons. The maximum atomic E-state index is 13.6. The molecule has 1 aliphatic heterocycles. The first-order valence-corrected chi connectivity index (χ1v) is 11.8. The van der Waals surface area contributed by atoms with E-state index < -0.39 is 42.2 Å². The standard InChI is InChI=1S/C27H32FN3O5/c1-17-5-7-19(8-6-17)26(36)31-14-13-30(22(32)16-27(2,3)4)25(31)24(35)29-21(15-23(33)34)18-9-11-20(28)12-10-18/h5-12,21,25H,13-16H2,1-4H3,(H,29,35)(H,33,34). The highest BCUT2D eigenvalue weighted by Crippen LogP contribution is 2.26. The number of halogens is 1. The zero-order valence-electron chi connectivity index (χ0n) is 21.0. The number of aryl methyl sites for hydroxylation is 1. The Morgan fingerprint density at radius 3 is 2.14 bits per heavy atom. The zero-order chi connectivity index (χ0) is 26.6. The van der Waals surface area contributed by atoms with Crippen molar-refractivity contribution < 1.29 is 28.7 Å². The van der Waals surface area contributed by atoms with Gasteiger partial charge in [0, 0.05) is 25.1 Å². The number of benzene rings is 2. The maximum absolute atomic E-state index is 13.6. The van der Waals surface area contributed by atoms with E-state index in [1.807, 2.05) is 27.7 Å². The molecule has 1 fully saturated rings. The van der Waals surface area contributed by atoms with Crippen molar-refractivity contribution in [3.63, 3.8) is 0 Å². The summed E-state index contributed by atoms with van der Waals surface area (Å²) in [6.45, 7) is 7.94. The molecule has 1 saturated heterocycles. The van der Waals surface area contributed by atoms with Gasteiger partial charge in [0.25, 0.3) is 11.8 Å². The molecule has 1 aliphatic rings. The van der Waals surface area contributed by atoms with Crippen LogP contribution in [0, 0.1) is 18.2 Å². The molecule has 2 atom stereocenters. The summed E-state index contributed by atoms with van der Waals surface area (Å²) in [4.78, 5) is 54.3. The molecular weight excluding hydrogens is 465 g/mol. The van der Waals surface area contributed by atoms with Gasteiger partial charge in [-0.2, -0.15) is 0 Å². The van der Waals surface area contributed by atoms with Crippen LogP contribution < -0.4 is 5.32 Å². The molecule has 0 aliphatic carbocycles. The van der Waals surface area contributed by atoms with Crippen molar-refractivity contribution in [2.75, 3.05) is 13.1 Å². The second kappa shape index (κ2) is 10.9. The Balaban J connectivity index is 1.93. The fraction of sp³-hybridized carbons (Fsp3) is 0.407. The molecule has 0 aromatic heterocycles. The molecule has 36 heavy (non-hydrogen) atoms. The molecule has 2 aromatic rings. The van der Waals surface area contributed by atoms with Crippen LogP contribution >= 0.6 is 0 Å². The number of hydrogen-bond donors (Lipinski definition) is 2. The molecule has 2 unspecified atom stereocenters. The third-order valence-corrected chi connectivity index (χ3v) is 5.94. The quantitative estimate of drug-likeness (QED) is 0.609. The smallest absolute Gasteiger partial charge is 0.305 e. The summed E-state index contributed by atoms with van der Waals surface area (Å²) in [5.41, 5.74) is 1.41. The molecule has 0 radical (unpaired) electrons. The number of amides is 3. The highest BCUT2D eigenvalue weighted by Gasteiger charge is 2.44. The van der Waals surface area contributed by atoms with E-state index >= 15 is 0 Å². The number of nitrogens with zero attached hydrogens (tertiary/aromatic N) is 2. The van der Waals surface area contributed by atoms with E-state index in [1.54, 1.807) is 24.3 Å². The van der Waals surface area contributed by atoms with Gasteiger partial charge in [-0.25, -0.2) is 4.39 Å². The molecule has 2 N–H and O–H groups in total. The fourth-order valence-electron chi connectivity index (χ4n) is 4.17.